The molecule has 0 aliphatic carbocycles. The van der Waals surface area contributed by atoms with Gasteiger partial charge in [0, 0.05) is 10.1 Å². The fourth-order valence-electron chi connectivity index (χ4n) is 4.88. The van der Waals surface area contributed by atoms with Gasteiger partial charge in [0.15, 0.2) is 0 Å². The molecular weight excluding hydrogens is 453 g/mol. The van der Waals surface area contributed by atoms with E-state index in [9.17, 15) is 0 Å². The van der Waals surface area contributed by atoms with Gasteiger partial charge in [0.05, 0.1) is 24.0 Å². The van der Waals surface area contributed by atoms with Gasteiger partial charge in [-0.05, 0) is 29.3 Å². The molecule has 0 N–H and O–H groups in total. The van der Waals surface area contributed by atoms with Gasteiger partial charge < -0.3 is 0 Å². The van der Waals surface area contributed by atoms with E-state index in [0.29, 0.717) is 0 Å². The van der Waals surface area contributed by atoms with Gasteiger partial charge in [-0.1, -0.05) is 104 Å². The zero-order valence-corrected chi connectivity index (χ0v) is 23.0. The average Bonchev–Trinajstić information content (AvgIpc) is 3.16. The molecule has 0 atom stereocenters. The Morgan fingerprint density at radius 3 is 2.21 bits per heavy atom. The highest BCUT2D eigenvalue weighted by atomic mass is 32.1. The second-order valence-corrected chi connectivity index (χ2v) is 21.2. The van der Waals surface area contributed by atoms with Crippen molar-refractivity contribution in [1.82, 2.24) is 9.97 Å². The van der Waals surface area contributed by atoms with Gasteiger partial charge in [0.2, 0.25) is 0 Å². The number of thiophene rings is 1. The Balaban J connectivity index is 1.76. The summed E-state index contributed by atoms with van der Waals surface area (Å²) < 4.78 is 2.72. The Labute approximate surface area is 202 Å². The van der Waals surface area contributed by atoms with Gasteiger partial charge in [0.25, 0.3) is 0 Å². The van der Waals surface area contributed by atoms with E-state index in [4.69, 9.17) is 9.97 Å². The maximum absolute atomic E-state index is 4.85. The van der Waals surface area contributed by atoms with Crippen molar-refractivity contribution >= 4 is 63.3 Å². The van der Waals surface area contributed by atoms with Crippen molar-refractivity contribution in [2.75, 3.05) is 0 Å². The van der Waals surface area contributed by atoms with E-state index in [-0.39, 0.29) is 0 Å². The molecule has 0 bridgehead atoms. The molecule has 0 spiro atoms. The molecule has 0 saturated carbocycles. The number of aromatic nitrogens is 2. The van der Waals surface area contributed by atoms with E-state index in [1.54, 1.807) is 6.33 Å². The van der Waals surface area contributed by atoms with Gasteiger partial charge in [0.1, 0.15) is 14.4 Å². The SMILES string of the molecule is Cc1c([Si](C)(C)c2ccccc2)sc2c(-c3cc([Si](C)(C)C)c4ccccc4c3)ncnc12. The monoisotopic (exact) mass is 482 g/mol. The number of benzene rings is 3. The molecule has 0 saturated heterocycles. The first-order valence-corrected chi connectivity index (χ1v) is 18.8. The van der Waals surface area contributed by atoms with Crippen LogP contribution in [0.5, 0.6) is 0 Å². The van der Waals surface area contributed by atoms with Crippen LogP contribution in [-0.2, 0) is 0 Å². The largest absolute Gasteiger partial charge is 0.235 e. The van der Waals surface area contributed by atoms with Crippen LogP contribution < -0.4 is 14.9 Å². The van der Waals surface area contributed by atoms with Crippen LogP contribution in [0.4, 0.5) is 0 Å². The summed E-state index contributed by atoms with van der Waals surface area (Å²) in [6, 6.07) is 24.5. The van der Waals surface area contributed by atoms with Crippen LogP contribution in [0.2, 0.25) is 32.7 Å². The third-order valence-electron chi connectivity index (χ3n) is 6.71. The van der Waals surface area contributed by atoms with Crippen molar-refractivity contribution < 1.29 is 0 Å². The summed E-state index contributed by atoms with van der Waals surface area (Å²) in [5.74, 6) is 0. The van der Waals surface area contributed by atoms with Crippen molar-refractivity contribution in [3.8, 4) is 11.3 Å². The topological polar surface area (TPSA) is 25.8 Å². The molecule has 0 radical (unpaired) electrons. The highest BCUT2D eigenvalue weighted by Crippen LogP contribution is 2.34. The second-order valence-electron chi connectivity index (χ2n) is 10.4. The molecule has 5 aromatic rings. The molecule has 3 aromatic carbocycles. The van der Waals surface area contributed by atoms with E-state index in [2.05, 4.69) is 106 Å². The molecule has 166 valence electrons. The van der Waals surface area contributed by atoms with Gasteiger partial charge in [-0.2, -0.15) is 0 Å². The minimum atomic E-state index is -1.83. The number of fused-ring (bicyclic) bond motifs is 2. The lowest BCUT2D eigenvalue weighted by Crippen LogP contribution is -2.52. The number of hydrogen-bond donors (Lipinski definition) is 0. The first kappa shape index (κ1) is 22.2. The Bertz CT molecular complexity index is 1480. The second kappa shape index (κ2) is 8.01. The van der Waals surface area contributed by atoms with Crippen molar-refractivity contribution in [1.29, 1.82) is 0 Å². The molecule has 0 fully saturated rings. The van der Waals surface area contributed by atoms with Crippen LogP contribution in [0.15, 0.2) is 73.1 Å². The smallest absolute Gasteiger partial charge is 0.125 e. The molecule has 2 heterocycles. The lowest BCUT2D eigenvalue weighted by molar-refractivity contribution is 1.23. The predicted molar refractivity (Wildman–Crippen MR) is 151 cm³/mol. The molecule has 0 unspecified atom stereocenters. The summed E-state index contributed by atoms with van der Waals surface area (Å²) >= 11 is 1.91. The van der Waals surface area contributed by atoms with Crippen molar-refractivity contribution in [2.45, 2.75) is 39.7 Å². The molecule has 5 heteroatoms. The summed E-state index contributed by atoms with van der Waals surface area (Å²) in [6.45, 7) is 14.4. The van der Waals surface area contributed by atoms with E-state index in [0.717, 1.165) is 11.2 Å². The predicted octanol–water partition coefficient (Wildman–Crippen LogP) is 6.19. The highest BCUT2D eigenvalue weighted by molar-refractivity contribution is 7.34. The molecule has 0 amide bonds. The van der Waals surface area contributed by atoms with Gasteiger partial charge in [-0.15, -0.1) is 11.3 Å². The highest BCUT2D eigenvalue weighted by Gasteiger charge is 2.31. The fraction of sp³-hybridized carbons (Fsp3) is 0.214. The van der Waals surface area contributed by atoms with Crippen LogP contribution in [0.25, 0.3) is 32.2 Å². The number of rotatable bonds is 4. The standard InChI is InChI=1S/C28H30N2SSi2/c1-19-25-27(31-28(19)33(5,6)22-13-8-7-9-14-22)26(30-18-29-25)21-16-20-12-10-11-15-23(20)24(17-21)32(2,3)4/h7-18H,1-6H3. The van der Waals surface area contributed by atoms with E-state index in [1.165, 1.54) is 41.5 Å². The van der Waals surface area contributed by atoms with E-state index < -0.39 is 16.1 Å². The minimum Gasteiger partial charge on any atom is -0.235 e. The zero-order chi connectivity index (χ0) is 23.4. The van der Waals surface area contributed by atoms with Crippen molar-refractivity contribution in [3.05, 3.63) is 78.6 Å². The van der Waals surface area contributed by atoms with Crippen LogP contribution in [0, 0.1) is 6.92 Å². The summed E-state index contributed by atoms with van der Waals surface area (Å²) in [5.41, 5.74) is 4.72. The molecule has 33 heavy (non-hydrogen) atoms. The third-order valence-corrected chi connectivity index (χ3v) is 15.0. The lowest BCUT2D eigenvalue weighted by atomic mass is 10.0. The van der Waals surface area contributed by atoms with Crippen LogP contribution >= 0.6 is 11.3 Å². The fourth-order valence-corrected chi connectivity index (χ4v) is 11.6. The Kier molecular flexibility index (Phi) is 5.39. The van der Waals surface area contributed by atoms with Crippen LogP contribution in [0.1, 0.15) is 5.56 Å². The van der Waals surface area contributed by atoms with Crippen LogP contribution in [0.3, 0.4) is 0 Å². The summed E-state index contributed by atoms with van der Waals surface area (Å²) in [7, 11) is -3.38. The molecule has 0 aliphatic rings. The molecule has 5 rings (SSSR count). The molecular formula is C28H30N2SSi2. The quantitative estimate of drug-likeness (QED) is 0.286. The first-order chi connectivity index (χ1) is 15.7. The van der Waals surface area contributed by atoms with Gasteiger partial charge in [-0.25, -0.2) is 9.97 Å². The summed E-state index contributed by atoms with van der Waals surface area (Å²) in [4.78, 5) is 9.60. The Morgan fingerprint density at radius 2 is 1.48 bits per heavy atom. The molecule has 2 nitrogen and oxygen atoms in total. The normalized spacial score (nSPS) is 12.5. The maximum Gasteiger partial charge on any atom is 0.125 e. The minimum absolute atomic E-state index is 1.07. The number of aryl methyl sites for hydroxylation is 1. The average molecular weight is 483 g/mol. The summed E-state index contributed by atoms with van der Waals surface area (Å²) in [5, 5.41) is 5.63. The van der Waals surface area contributed by atoms with Gasteiger partial charge in [-0.3, -0.25) is 0 Å². The summed E-state index contributed by atoms with van der Waals surface area (Å²) in [6.07, 6.45) is 1.75. The third kappa shape index (κ3) is 3.78. The first-order valence-electron chi connectivity index (χ1n) is 11.5. The Hall–Kier alpha value is -2.61. The van der Waals surface area contributed by atoms with E-state index >= 15 is 0 Å². The molecule has 2 aromatic heterocycles. The van der Waals surface area contributed by atoms with Crippen molar-refractivity contribution in [3.63, 3.8) is 0 Å². The lowest BCUT2D eigenvalue weighted by Gasteiger charge is -2.22. The number of nitrogens with zero attached hydrogens (tertiary/aromatic N) is 2. The van der Waals surface area contributed by atoms with Crippen molar-refractivity contribution in [2.24, 2.45) is 0 Å². The van der Waals surface area contributed by atoms with Crippen LogP contribution in [-0.4, -0.2) is 26.1 Å². The number of hydrogen-bond acceptors (Lipinski definition) is 3. The molecule has 0 aliphatic heterocycles. The van der Waals surface area contributed by atoms with E-state index in [1.807, 2.05) is 11.3 Å². The Morgan fingerprint density at radius 1 is 0.788 bits per heavy atom. The maximum atomic E-state index is 4.85. The van der Waals surface area contributed by atoms with Gasteiger partial charge >= 0.3 is 0 Å². The zero-order valence-electron chi connectivity index (χ0n) is 20.2.